The lowest BCUT2D eigenvalue weighted by Gasteiger charge is -2.38. The van der Waals surface area contributed by atoms with Crippen molar-refractivity contribution in [3.63, 3.8) is 0 Å². The van der Waals surface area contributed by atoms with Gasteiger partial charge < -0.3 is 10.1 Å². The van der Waals surface area contributed by atoms with Crippen LogP contribution in [0, 0.1) is 0 Å². The third kappa shape index (κ3) is 4.17. The molecule has 3 aromatic carbocycles. The molecule has 6 rings (SSSR count). The second-order valence-corrected chi connectivity index (χ2v) is 9.91. The topological polar surface area (TPSA) is 41.6 Å². The van der Waals surface area contributed by atoms with Gasteiger partial charge in [-0.2, -0.15) is 0 Å². The van der Waals surface area contributed by atoms with Crippen LogP contribution >= 0.6 is 0 Å². The quantitative estimate of drug-likeness (QED) is 0.382. The summed E-state index contributed by atoms with van der Waals surface area (Å²) in [6, 6.07) is 26.3. The van der Waals surface area contributed by atoms with Gasteiger partial charge in [-0.05, 0) is 74.4 Å². The van der Waals surface area contributed by atoms with Gasteiger partial charge in [-0.15, -0.1) is 0 Å². The summed E-state index contributed by atoms with van der Waals surface area (Å²) in [5.41, 5.74) is 7.22. The molecule has 1 N–H and O–H groups in total. The number of carbonyl (C=O) groups excluding carboxylic acids is 1. The van der Waals surface area contributed by atoms with Crippen molar-refractivity contribution in [1.82, 2.24) is 10.2 Å². The summed E-state index contributed by atoms with van der Waals surface area (Å²) in [5.74, 6) is 1.61. The van der Waals surface area contributed by atoms with Crippen LogP contribution in [0.2, 0.25) is 0 Å². The van der Waals surface area contributed by atoms with Gasteiger partial charge in [0.05, 0.1) is 0 Å². The third-order valence-electron chi connectivity index (χ3n) is 7.82. The fourth-order valence-electron chi connectivity index (χ4n) is 6.20. The van der Waals surface area contributed by atoms with Crippen LogP contribution in [0.3, 0.4) is 0 Å². The Kier molecular flexibility index (Phi) is 5.91. The molecule has 4 nitrogen and oxygen atoms in total. The first-order valence-electron chi connectivity index (χ1n) is 12.9. The maximum absolute atomic E-state index is 12.5. The van der Waals surface area contributed by atoms with E-state index in [0.717, 1.165) is 42.9 Å². The number of hydrogen-bond acceptors (Lipinski definition) is 3. The number of benzene rings is 3. The van der Waals surface area contributed by atoms with Crippen LogP contribution in [-0.2, 0) is 6.42 Å². The maximum atomic E-state index is 12.5. The largest absolute Gasteiger partial charge is 0.456 e. The molecule has 3 aliphatic rings. The Morgan fingerprint density at radius 3 is 2.40 bits per heavy atom. The average Bonchev–Trinajstić information content (AvgIpc) is 3.13. The molecule has 2 atom stereocenters. The van der Waals surface area contributed by atoms with Gasteiger partial charge in [0.25, 0.3) is 5.91 Å². The number of ether oxygens (including phenoxy) is 1. The number of carbonyl (C=O) groups is 1. The zero-order valence-electron chi connectivity index (χ0n) is 20.3. The van der Waals surface area contributed by atoms with Gasteiger partial charge >= 0.3 is 0 Å². The Morgan fingerprint density at radius 1 is 0.914 bits per heavy atom. The number of para-hydroxylation sites is 1. The Morgan fingerprint density at radius 2 is 1.63 bits per heavy atom. The molecule has 0 aliphatic carbocycles. The highest BCUT2D eigenvalue weighted by Crippen LogP contribution is 2.49. The summed E-state index contributed by atoms with van der Waals surface area (Å²) in [4.78, 5) is 15.2. The first kappa shape index (κ1) is 22.1. The van der Waals surface area contributed by atoms with Crippen LogP contribution in [0.25, 0.3) is 5.57 Å². The minimum absolute atomic E-state index is 0.0586. The molecule has 2 unspecified atom stereocenters. The predicted molar refractivity (Wildman–Crippen MR) is 140 cm³/mol. The van der Waals surface area contributed by atoms with E-state index in [2.05, 4.69) is 58.7 Å². The first-order chi connectivity index (χ1) is 17.2. The van der Waals surface area contributed by atoms with Crippen molar-refractivity contribution in [3.05, 3.63) is 101 Å². The Bertz CT molecular complexity index is 1260. The van der Waals surface area contributed by atoms with E-state index in [1.165, 1.54) is 35.1 Å². The van der Waals surface area contributed by atoms with E-state index in [0.29, 0.717) is 24.2 Å². The van der Waals surface area contributed by atoms with E-state index in [4.69, 9.17) is 4.74 Å². The normalized spacial score (nSPS) is 20.7. The van der Waals surface area contributed by atoms with E-state index in [1.54, 1.807) is 0 Å². The molecule has 0 aromatic heterocycles. The van der Waals surface area contributed by atoms with Gasteiger partial charge in [0.2, 0.25) is 0 Å². The van der Waals surface area contributed by atoms with Crippen LogP contribution in [0.4, 0.5) is 0 Å². The predicted octanol–water partition coefficient (Wildman–Crippen LogP) is 6.21. The molecule has 4 heteroatoms. The fraction of sp³-hybridized carbons (Fsp3) is 0.323. The van der Waals surface area contributed by atoms with Gasteiger partial charge in [-0.3, -0.25) is 9.69 Å². The van der Waals surface area contributed by atoms with Crippen molar-refractivity contribution in [3.8, 4) is 11.5 Å². The monoisotopic (exact) mass is 464 g/mol. The standard InChI is InChI=1S/C31H32N2O2/c1-2-32-31(34)22-12-15-27-29(20-22)35-28-11-7-6-10-26(28)30(27)23-18-24-13-14-25(19-23)33(24)17-16-21-8-4-3-5-9-21/h3-12,15,20,24-25H,2,13-14,16-19H2,1H3,(H,32,34). The molecule has 1 amide bonds. The van der Waals surface area contributed by atoms with Gasteiger partial charge in [0.1, 0.15) is 11.5 Å². The molecule has 2 fully saturated rings. The number of nitrogens with one attached hydrogen (secondary N) is 1. The molecule has 3 heterocycles. The van der Waals surface area contributed by atoms with Crippen molar-refractivity contribution >= 4 is 11.5 Å². The molecule has 0 spiro atoms. The molecule has 3 aromatic rings. The molecule has 3 aliphatic heterocycles. The molecule has 2 saturated heterocycles. The highest BCUT2D eigenvalue weighted by molar-refractivity contribution is 5.97. The fourth-order valence-corrected chi connectivity index (χ4v) is 6.20. The molecule has 35 heavy (non-hydrogen) atoms. The van der Waals surface area contributed by atoms with Crippen molar-refractivity contribution in [2.75, 3.05) is 13.1 Å². The van der Waals surface area contributed by atoms with E-state index in [9.17, 15) is 4.79 Å². The average molecular weight is 465 g/mol. The molecule has 2 bridgehead atoms. The summed E-state index contributed by atoms with van der Waals surface area (Å²) >= 11 is 0. The van der Waals surface area contributed by atoms with Crippen molar-refractivity contribution in [2.24, 2.45) is 0 Å². The van der Waals surface area contributed by atoms with E-state index in [-0.39, 0.29) is 5.91 Å². The maximum Gasteiger partial charge on any atom is 0.251 e. The second kappa shape index (κ2) is 9.35. The van der Waals surface area contributed by atoms with Gasteiger partial charge in [-0.25, -0.2) is 0 Å². The summed E-state index contributed by atoms with van der Waals surface area (Å²) in [6.07, 6.45) is 5.87. The van der Waals surface area contributed by atoms with Crippen LogP contribution < -0.4 is 10.1 Å². The minimum Gasteiger partial charge on any atom is -0.456 e. The first-order valence-corrected chi connectivity index (χ1v) is 12.9. The van der Waals surface area contributed by atoms with Crippen LogP contribution in [0.5, 0.6) is 11.5 Å². The van der Waals surface area contributed by atoms with Crippen molar-refractivity contribution in [1.29, 1.82) is 0 Å². The minimum atomic E-state index is -0.0586. The number of piperidine rings is 1. The Hall–Kier alpha value is -3.37. The SMILES string of the molecule is CCNC(=O)c1ccc2c(c1)Oc1ccccc1C2=C1CC2CCC(C1)N2CCc1ccccc1. The summed E-state index contributed by atoms with van der Waals surface area (Å²) in [6.45, 7) is 3.68. The molecule has 178 valence electrons. The molecule has 0 radical (unpaired) electrons. The second-order valence-electron chi connectivity index (χ2n) is 9.91. The Labute approximate surface area is 207 Å². The van der Waals surface area contributed by atoms with Crippen LogP contribution in [0.15, 0.2) is 78.4 Å². The number of hydrogen-bond donors (Lipinski definition) is 1. The lowest BCUT2D eigenvalue weighted by molar-refractivity contribution is 0.0955. The molecular formula is C31H32N2O2. The van der Waals surface area contributed by atoms with Gasteiger partial charge in [0, 0.05) is 41.9 Å². The van der Waals surface area contributed by atoms with E-state index < -0.39 is 0 Å². The number of nitrogens with zero attached hydrogens (tertiary/aromatic N) is 1. The smallest absolute Gasteiger partial charge is 0.251 e. The van der Waals surface area contributed by atoms with E-state index in [1.807, 2.05) is 31.2 Å². The van der Waals surface area contributed by atoms with E-state index >= 15 is 0 Å². The van der Waals surface area contributed by atoms with Crippen LogP contribution in [-0.4, -0.2) is 36.0 Å². The summed E-state index contributed by atoms with van der Waals surface area (Å²) in [5, 5.41) is 2.90. The zero-order valence-corrected chi connectivity index (χ0v) is 20.3. The summed E-state index contributed by atoms with van der Waals surface area (Å²) in [7, 11) is 0. The lowest BCUT2D eigenvalue weighted by Crippen LogP contribution is -2.42. The zero-order chi connectivity index (χ0) is 23.8. The highest BCUT2D eigenvalue weighted by Gasteiger charge is 2.40. The Balaban J connectivity index is 1.33. The molecule has 0 saturated carbocycles. The number of fused-ring (bicyclic) bond motifs is 4. The number of amides is 1. The third-order valence-corrected chi connectivity index (χ3v) is 7.82. The number of rotatable bonds is 5. The van der Waals surface area contributed by atoms with Crippen molar-refractivity contribution < 1.29 is 9.53 Å². The highest BCUT2D eigenvalue weighted by atomic mass is 16.5. The van der Waals surface area contributed by atoms with Gasteiger partial charge in [0.15, 0.2) is 0 Å². The van der Waals surface area contributed by atoms with Crippen molar-refractivity contribution in [2.45, 2.75) is 51.1 Å². The van der Waals surface area contributed by atoms with Crippen LogP contribution in [0.1, 0.15) is 59.7 Å². The lowest BCUT2D eigenvalue weighted by atomic mass is 9.83. The summed E-state index contributed by atoms with van der Waals surface area (Å²) < 4.78 is 6.32. The van der Waals surface area contributed by atoms with Gasteiger partial charge in [-0.1, -0.05) is 54.1 Å². The molecular weight excluding hydrogens is 432 g/mol.